The van der Waals surface area contributed by atoms with E-state index in [1.165, 1.54) is 0 Å². The fraction of sp³-hybridized carbons (Fsp3) is 0. The molecule has 5 heteroatoms. The highest BCUT2D eigenvalue weighted by Crippen LogP contribution is 2.24. The third-order valence-corrected chi connectivity index (χ3v) is 3.20. The summed E-state index contributed by atoms with van der Waals surface area (Å²) in [6.45, 7) is 0. The van der Waals surface area contributed by atoms with Crippen LogP contribution < -0.4 is 5.73 Å². The number of nitrogen functional groups attached to an aromatic ring is 1. The standard InChI is InChI=1S/C16H13N3O2/c17-12-7-13-11(8-18-15(13)19-9-12)6-14(16(20)21)10-4-2-1-3-5-10/h1-9H,17H2,(H,18,19)(H,20,21). The van der Waals surface area contributed by atoms with Gasteiger partial charge in [0.25, 0.3) is 0 Å². The summed E-state index contributed by atoms with van der Waals surface area (Å²) in [5, 5.41) is 10.2. The predicted molar refractivity (Wildman–Crippen MR) is 82.5 cm³/mol. The Hall–Kier alpha value is -3.08. The topological polar surface area (TPSA) is 92.0 Å². The Bertz CT molecular complexity index is 835. The minimum absolute atomic E-state index is 0.221. The number of hydrogen-bond donors (Lipinski definition) is 3. The van der Waals surface area contributed by atoms with Crippen LogP contribution in [0.1, 0.15) is 11.1 Å². The molecule has 0 amide bonds. The van der Waals surface area contributed by atoms with Crippen molar-refractivity contribution in [3.8, 4) is 0 Å². The van der Waals surface area contributed by atoms with Crippen molar-refractivity contribution in [1.82, 2.24) is 9.97 Å². The maximum Gasteiger partial charge on any atom is 0.336 e. The van der Waals surface area contributed by atoms with E-state index in [0.717, 1.165) is 10.9 Å². The van der Waals surface area contributed by atoms with Crippen LogP contribution in [0.2, 0.25) is 0 Å². The van der Waals surface area contributed by atoms with Gasteiger partial charge in [-0.15, -0.1) is 0 Å². The maximum atomic E-state index is 11.5. The van der Waals surface area contributed by atoms with E-state index in [0.29, 0.717) is 16.9 Å². The molecule has 2 heterocycles. The summed E-state index contributed by atoms with van der Waals surface area (Å²) < 4.78 is 0. The first-order valence-electron chi connectivity index (χ1n) is 6.38. The van der Waals surface area contributed by atoms with Crippen molar-refractivity contribution in [2.75, 3.05) is 5.73 Å². The molecule has 0 aliphatic heterocycles. The molecular weight excluding hydrogens is 266 g/mol. The molecule has 0 fully saturated rings. The molecule has 0 saturated heterocycles. The third kappa shape index (κ3) is 2.49. The first-order chi connectivity index (χ1) is 10.1. The van der Waals surface area contributed by atoms with Crippen molar-refractivity contribution in [2.24, 2.45) is 0 Å². The number of benzene rings is 1. The highest BCUT2D eigenvalue weighted by atomic mass is 16.4. The monoisotopic (exact) mass is 279 g/mol. The Kier molecular flexibility index (Phi) is 3.16. The number of nitrogens with zero attached hydrogens (tertiary/aromatic N) is 1. The minimum Gasteiger partial charge on any atom is -0.478 e. The summed E-state index contributed by atoms with van der Waals surface area (Å²) in [7, 11) is 0. The summed E-state index contributed by atoms with van der Waals surface area (Å²) >= 11 is 0. The average molecular weight is 279 g/mol. The molecule has 0 bridgehead atoms. The Morgan fingerprint density at radius 2 is 2.05 bits per heavy atom. The lowest BCUT2D eigenvalue weighted by atomic mass is 10.0. The van der Waals surface area contributed by atoms with Crippen LogP contribution in [0.25, 0.3) is 22.7 Å². The number of pyridine rings is 1. The largest absolute Gasteiger partial charge is 0.478 e. The number of aromatic nitrogens is 2. The van der Waals surface area contributed by atoms with E-state index < -0.39 is 5.97 Å². The molecule has 4 N–H and O–H groups in total. The van der Waals surface area contributed by atoms with Crippen LogP contribution >= 0.6 is 0 Å². The van der Waals surface area contributed by atoms with Gasteiger partial charge in [-0.1, -0.05) is 30.3 Å². The second-order valence-electron chi connectivity index (χ2n) is 4.64. The average Bonchev–Trinajstić information content (AvgIpc) is 2.87. The Labute approximate surface area is 120 Å². The van der Waals surface area contributed by atoms with Crippen molar-refractivity contribution in [3.63, 3.8) is 0 Å². The van der Waals surface area contributed by atoms with Gasteiger partial charge in [0.1, 0.15) is 5.65 Å². The number of anilines is 1. The number of carboxylic acid groups (broad SMARTS) is 1. The molecule has 0 unspecified atom stereocenters. The second-order valence-corrected chi connectivity index (χ2v) is 4.64. The SMILES string of the molecule is Nc1cnc2[nH]cc(C=C(C(=O)O)c3ccccc3)c2c1. The van der Waals surface area contributed by atoms with Crippen molar-refractivity contribution < 1.29 is 9.90 Å². The molecule has 104 valence electrons. The maximum absolute atomic E-state index is 11.5. The molecule has 0 aliphatic carbocycles. The molecule has 0 saturated carbocycles. The van der Waals surface area contributed by atoms with Crippen LogP contribution in [0, 0.1) is 0 Å². The molecular formula is C16H13N3O2. The fourth-order valence-electron chi connectivity index (χ4n) is 2.20. The minimum atomic E-state index is -0.979. The molecule has 0 spiro atoms. The number of hydrogen-bond acceptors (Lipinski definition) is 3. The van der Waals surface area contributed by atoms with Crippen LogP contribution in [0.4, 0.5) is 5.69 Å². The number of carboxylic acids is 1. The highest BCUT2D eigenvalue weighted by Gasteiger charge is 2.12. The van der Waals surface area contributed by atoms with Crippen molar-refractivity contribution in [1.29, 1.82) is 0 Å². The first-order valence-corrected chi connectivity index (χ1v) is 6.38. The van der Waals surface area contributed by atoms with Gasteiger partial charge in [-0.2, -0.15) is 0 Å². The Balaban J connectivity index is 2.16. The number of H-pyrrole nitrogens is 1. The molecule has 1 aromatic carbocycles. The first kappa shape index (κ1) is 12.9. The molecule has 3 aromatic rings. The van der Waals surface area contributed by atoms with Gasteiger partial charge in [0.2, 0.25) is 0 Å². The van der Waals surface area contributed by atoms with Gasteiger partial charge in [-0.25, -0.2) is 9.78 Å². The van der Waals surface area contributed by atoms with E-state index in [1.54, 1.807) is 48.8 Å². The molecule has 5 nitrogen and oxygen atoms in total. The zero-order valence-electron chi connectivity index (χ0n) is 11.1. The lowest BCUT2D eigenvalue weighted by molar-refractivity contribution is -0.130. The van der Waals surface area contributed by atoms with E-state index in [9.17, 15) is 9.90 Å². The number of nitrogens with one attached hydrogen (secondary N) is 1. The summed E-state index contributed by atoms with van der Waals surface area (Å²) in [5.74, 6) is -0.979. The van der Waals surface area contributed by atoms with Crippen molar-refractivity contribution in [3.05, 3.63) is 59.9 Å². The molecule has 21 heavy (non-hydrogen) atoms. The van der Waals surface area contributed by atoms with Crippen molar-refractivity contribution >= 4 is 34.3 Å². The van der Waals surface area contributed by atoms with Crippen LogP contribution in [0.5, 0.6) is 0 Å². The van der Waals surface area contributed by atoms with Gasteiger partial charge < -0.3 is 15.8 Å². The normalized spacial score (nSPS) is 11.7. The van der Waals surface area contributed by atoms with Crippen LogP contribution in [-0.4, -0.2) is 21.0 Å². The zero-order valence-corrected chi connectivity index (χ0v) is 11.1. The predicted octanol–water partition coefficient (Wildman–Crippen LogP) is 2.77. The summed E-state index contributed by atoms with van der Waals surface area (Å²) in [6, 6.07) is 10.8. The van der Waals surface area contributed by atoms with Crippen LogP contribution in [-0.2, 0) is 4.79 Å². The third-order valence-electron chi connectivity index (χ3n) is 3.20. The van der Waals surface area contributed by atoms with E-state index in [2.05, 4.69) is 9.97 Å². The number of aliphatic carboxylic acids is 1. The van der Waals surface area contributed by atoms with E-state index >= 15 is 0 Å². The van der Waals surface area contributed by atoms with Crippen LogP contribution in [0.3, 0.4) is 0 Å². The second kappa shape index (κ2) is 5.13. The van der Waals surface area contributed by atoms with Gasteiger partial charge in [-0.05, 0) is 17.7 Å². The number of nitrogens with two attached hydrogens (primary N) is 1. The van der Waals surface area contributed by atoms with E-state index in [-0.39, 0.29) is 5.57 Å². The van der Waals surface area contributed by atoms with Crippen molar-refractivity contribution in [2.45, 2.75) is 0 Å². The van der Waals surface area contributed by atoms with Gasteiger partial charge >= 0.3 is 5.97 Å². The lowest BCUT2D eigenvalue weighted by Crippen LogP contribution is -1.99. The number of fused-ring (bicyclic) bond motifs is 1. The van der Waals surface area contributed by atoms with Gasteiger partial charge in [0.05, 0.1) is 17.5 Å². The Morgan fingerprint density at radius 1 is 1.29 bits per heavy atom. The van der Waals surface area contributed by atoms with Gasteiger partial charge in [-0.3, -0.25) is 0 Å². The summed E-state index contributed by atoms with van der Waals surface area (Å²) in [6.07, 6.45) is 4.90. The van der Waals surface area contributed by atoms with E-state index in [1.807, 2.05) is 6.07 Å². The highest BCUT2D eigenvalue weighted by molar-refractivity contribution is 6.21. The fourth-order valence-corrected chi connectivity index (χ4v) is 2.20. The number of carbonyl (C=O) groups is 1. The smallest absolute Gasteiger partial charge is 0.336 e. The van der Waals surface area contributed by atoms with Gasteiger partial charge in [0, 0.05) is 17.1 Å². The Morgan fingerprint density at radius 3 is 2.76 bits per heavy atom. The molecule has 0 atom stereocenters. The molecule has 0 radical (unpaired) electrons. The number of aromatic amines is 1. The van der Waals surface area contributed by atoms with Crippen LogP contribution in [0.15, 0.2) is 48.8 Å². The zero-order chi connectivity index (χ0) is 14.8. The van der Waals surface area contributed by atoms with Gasteiger partial charge in [0.15, 0.2) is 0 Å². The number of rotatable bonds is 3. The molecule has 0 aliphatic rings. The molecule has 3 rings (SSSR count). The summed E-state index contributed by atoms with van der Waals surface area (Å²) in [4.78, 5) is 18.7. The lowest BCUT2D eigenvalue weighted by Gasteiger charge is -2.02. The summed E-state index contributed by atoms with van der Waals surface area (Å²) in [5.41, 5.74) is 8.56. The molecule has 2 aromatic heterocycles. The quantitative estimate of drug-likeness (QED) is 0.643. The van der Waals surface area contributed by atoms with E-state index in [4.69, 9.17) is 5.73 Å².